The summed E-state index contributed by atoms with van der Waals surface area (Å²) in [6.07, 6.45) is 3.80. The van der Waals surface area contributed by atoms with Gasteiger partial charge in [-0.3, -0.25) is 0 Å². The van der Waals surface area contributed by atoms with E-state index < -0.39 is 5.60 Å². The SMILES string of the molecule is COC(C)(C)CCC1(O)CC(C)(C)CC1C. The van der Waals surface area contributed by atoms with E-state index in [1.165, 1.54) is 0 Å². The summed E-state index contributed by atoms with van der Waals surface area (Å²) in [7, 11) is 1.74. The Bertz CT molecular complexity index is 245. The average Bonchev–Trinajstić information content (AvgIpc) is 2.33. The van der Waals surface area contributed by atoms with E-state index in [0.717, 1.165) is 25.7 Å². The van der Waals surface area contributed by atoms with Crippen LogP contribution in [0.4, 0.5) is 0 Å². The fourth-order valence-corrected chi connectivity index (χ4v) is 3.05. The van der Waals surface area contributed by atoms with Gasteiger partial charge >= 0.3 is 0 Å². The molecule has 2 heteroatoms. The monoisotopic (exact) mass is 228 g/mol. The Kier molecular flexibility index (Phi) is 3.76. The molecule has 2 unspecified atom stereocenters. The van der Waals surface area contributed by atoms with Crippen LogP contribution in [0.25, 0.3) is 0 Å². The number of hydrogen-bond donors (Lipinski definition) is 1. The van der Waals surface area contributed by atoms with Crippen LogP contribution in [0.1, 0.15) is 60.3 Å². The predicted molar refractivity (Wildman–Crippen MR) is 67.5 cm³/mol. The first kappa shape index (κ1) is 14.0. The first-order valence-electron chi connectivity index (χ1n) is 6.38. The highest BCUT2D eigenvalue weighted by Gasteiger charge is 2.47. The topological polar surface area (TPSA) is 29.5 Å². The molecular formula is C14H28O2. The minimum atomic E-state index is -0.487. The van der Waals surface area contributed by atoms with E-state index in [2.05, 4.69) is 34.6 Å². The van der Waals surface area contributed by atoms with Gasteiger partial charge in [0.25, 0.3) is 0 Å². The second kappa shape index (κ2) is 4.30. The van der Waals surface area contributed by atoms with Crippen LogP contribution in [-0.2, 0) is 4.74 Å². The Morgan fingerprint density at radius 1 is 1.38 bits per heavy atom. The second-order valence-electron chi connectivity index (χ2n) is 7.01. The van der Waals surface area contributed by atoms with E-state index in [4.69, 9.17) is 4.74 Å². The van der Waals surface area contributed by atoms with E-state index in [1.807, 2.05) is 0 Å². The van der Waals surface area contributed by atoms with Gasteiger partial charge in [-0.05, 0) is 50.9 Å². The molecule has 0 amide bonds. The van der Waals surface area contributed by atoms with Crippen LogP contribution < -0.4 is 0 Å². The van der Waals surface area contributed by atoms with Gasteiger partial charge in [-0.25, -0.2) is 0 Å². The van der Waals surface area contributed by atoms with Gasteiger partial charge in [0.1, 0.15) is 0 Å². The third kappa shape index (κ3) is 3.21. The van der Waals surface area contributed by atoms with E-state index in [0.29, 0.717) is 5.92 Å². The zero-order valence-corrected chi connectivity index (χ0v) is 11.8. The molecule has 2 atom stereocenters. The van der Waals surface area contributed by atoms with Gasteiger partial charge in [0, 0.05) is 7.11 Å². The van der Waals surface area contributed by atoms with E-state index >= 15 is 0 Å². The largest absolute Gasteiger partial charge is 0.390 e. The molecule has 0 bridgehead atoms. The molecule has 0 heterocycles. The van der Waals surface area contributed by atoms with Crippen molar-refractivity contribution in [3.05, 3.63) is 0 Å². The first-order valence-corrected chi connectivity index (χ1v) is 6.38. The summed E-state index contributed by atoms with van der Waals surface area (Å²) >= 11 is 0. The molecule has 1 aliphatic rings. The molecule has 96 valence electrons. The van der Waals surface area contributed by atoms with Gasteiger partial charge in [-0.15, -0.1) is 0 Å². The molecule has 0 spiro atoms. The van der Waals surface area contributed by atoms with Crippen LogP contribution in [0.15, 0.2) is 0 Å². The van der Waals surface area contributed by atoms with Crippen LogP contribution in [0.3, 0.4) is 0 Å². The molecule has 0 aromatic heterocycles. The Balaban J connectivity index is 2.60. The van der Waals surface area contributed by atoms with Crippen molar-refractivity contribution in [3.63, 3.8) is 0 Å². The van der Waals surface area contributed by atoms with Crippen molar-refractivity contribution >= 4 is 0 Å². The maximum atomic E-state index is 10.7. The Hall–Kier alpha value is -0.0800. The minimum absolute atomic E-state index is 0.123. The molecule has 1 saturated carbocycles. The standard InChI is InChI=1S/C14H28O2/c1-11-9-12(2,3)10-14(11,15)8-7-13(4,5)16-6/h11,15H,7-10H2,1-6H3. The van der Waals surface area contributed by atoms with Gasteiger partial charge in [-0.1, -0.05) is 20.8 Å². The number of methoxy groups -OCH3 is 1. The molecule has 2 nitrogen and oxygen atoms in total. The maximum absolute atomic E-state index is 10.7. The highest BCUT2D eigenvalue weighted by molar-refractivity contribution is 4.99. The normalized spacial score (nSPS) is 34.3. The zero-order valence-electron chi connectivity index (χ0n) is 11.8. The molecule has 1 aliphatic carbocycles. The van der Waals surface area contributed by atoms with Gasteiger partial charge in [-0.2, -0.15) is 0 Å². The summed E-state index contributed by atoms with van der Waals surface area (Å²) < 4.78 is 5.42. The number of ether oxygens (including phenoxy) is 1. The lowest BCUT2D eigenvalue weighted by molar-refractivity contribution is -0.0433. The van der Waals surface area contributed by atoms with Crippen LogP contribution in [0, 0.1) is 11.3 Å². The van der Waals surface area contributed by atoms with Crippen LogP contribution in [0.5, 0.6) is 0 Å². The van der Waals surface area contributed by atoms with Crippen molar-refractivity contribution in [1.82, 2.24) is 0 Å². The summed E-state index contributed by atoms with van der Waals surface area (Å²) in [5, 5.41) is 10.7. The van der Waals surface area contributed by atoms with Gasteiger partial charge < -0.3 is 9.84 Å². The zero-order chi connectivity index (χ0) is 12.6. The van der Waals surface area contributed by atoms with Gasteiger partial charge in [0.2, 0.25) is 0 Å². The number of hydrogen-bond acceptors (Lipinski definition) is 2. The van der Waals surface area contributed by atoms with E-state index in [1.54, 1.807) is 7.11 Å². The maximum Gasteiger partial charge on any atom is 0.0679 e. The fraction of sp³-hybridized carbons (Fsp3) is 1.00. The molecule has 0 aromatic rings. The Morgan fingerprint density at radius 2 is 1.94 bits per heavy atom. The minimum Gasteiger partial charge on any atom is -0.390 e. The van der Waals surface area contributed by atoms with Crippen LogP contribution in [0.2, 0.25) is 0 Å². The summed E-state index contributed by atoms with van der Waals surface area (Å²) in [5.41, 5.74) is -0.327. The highest BCUT2D eigenvalue weighted by atomic mass is 16.5. The summed E-state index contributed by atoms with van der Waals surface area (Å²) in [6, 6.07) is 0. The van der Waals surface area contributed by atoms with E-state index in [9.17, 15) is 5.11 Å². The van der Waals surface area contributed by atoms with Crippen molar-refractivity contribution in [1.29, 1.82) is 0 Å². The third-order valence-corrected chi connectivity index (χ3v) is 4.27. The predicted octanol–water partition coefficient (Wildman–Crippen LogP) is 3.38. The Labute approximate surface area is 100 Å². The summed E-state index contributed by atoms with van der Waals surface area (Å²) in [6.45, 7) is 10.8. The van der Waals surface area contributed by atoms with Crippen LogP contribution in [-0.4, -0.2) is 23.4 Å². The highest BCUT2D eigenvalue weighted by Crippen LogP contribution is 2.49. The molecule has 1 rings (SSSR count). The summed E-state index contributed by atoms with van der Waals surface area (Å²) in [5.74, 6) is 0.398. The lowest BCUT2D eigenvalue weighted by atomic mass is 9.83. The van der Waals surface area contributed by atoms with Gasteiger partial charge in [0.05, 0.1) is 11.2 Å². The quantitative estimate of drug-likeness (QED) is 0.799. The molecule has 0 aliphatic heterocycles. The van der Waals surface area contributed by atoms with Crippen molar-refractivity contribution in [2.24, 2.45) is 11.3 Å². The van der Waals surface area contributed by atoms with E-state index in [-0.39, 0.29) is 11.0 Å². The molecule has 1 N–H and O–H groups in total. The van der Waals surface area contributed by atoms with Crippen LogP contribution >= 0.6 is 0 Å². The summed E-state index contributed by atoms with van der Waals surface area (Å²) in [4.78, 5) is 0. The van der Waals surface area contributed by atoms with Gasteiger partial charge in [0.15, 0.2) is 0 Å². The molecule has 16 heavy (non-hydrogen) atoms. The molecular weight excluding hydrogens is 200 g/mol. The fourth-order valence-electron chi connectivity index (χ4n) is 3.05. The van der Waals surface area contributed by atoms with Crippen molar-refractivity contribution in [2.75, 3.05) is 7.11 Å². The number of rotatable bonds is 4. The second-order valence-corrected chi connectivity index (χ2v) is 7.01. The lowest BCUT2D eigenvalue weighted by Gasteiger charge is -2.32. The Morgan fingerprint density at radius 3 is 2.31 bits per heavy atom. The lowest BCUT2D eigenvalue weighted by Crippen LogP contribution is -2.35. The van der Waals surface area contributed by atoms with Crippen molar-refractivity contribution in [3.8, 4) is 0 Å². The molecule has 1 fully saturated rings. The smallest absolute Gasteiger partial charge is 0.0679 e. The van der Waals surface area contributed by atoms with Crippen molar-refractivity contribution in [2.45, 2.75) is 71.5 Å². The number of aliphatic hydroxyl groups is 1. The molecule has 0 radical (unpaired) electrons. The first-order chi connectivity index (χ1) is 7.10. The molecule has 0 aromatic carbocycles. The van der Waals surface area contributed by atoms with Crippen molar-refractivity contribution < 1.29 is 9.84 Å². The third-order valence-electron chi connectivity index (χ3n) is 4.27. The average molecular weight is 228 g/mol. The molecule has 0 saturated heterocycles.